The van der Waals surface area contributed by atoms with E-state index in [9.17, 15) is 21.6 Å². The van der Waals surface area contributed by atoms with E-state index in [0.717, 1.165) is 17.4 Å². The van der Waals surface area contributed by atoms with Crippen LogP contribution in [0.5, 0.6) is 0 Å². The van der Waals surface area contributed by atoms with Crippen molar-refractivity contribution in [1.82, 2.24) is 4.72 Å². The monoisotopic (exact) mass is 310 g/mol. The van der Waals surface area contributed by atoms with E-state index >= 15 is 0 Å². The molecule has 0 bridgehead atoms. The van der Waals surface area contributed by atoms with Gasteiger partial charge in [0.15, 0.2) is 0 Å². The van der Waals surface area contributed by atoms with Crippen LogP contribution in [0.25, 0.3) is 10.1 Å². The number of alkyl halides is 3. The van der Waals surface area contributed by atoms with Gasteiger partial charge < -0.3 is 0 Å². The van der Waals surface area contributed by atoms with Crippen molar-refractivity contribution >= 4 is 31.6 Å². The molecule has 104 valence electrons. The molecule has 0 aliphatic carbocycles. The third-order valence-electron chi connectivity index (χ3n) is 2.44. The highest BCUT2D eigenvalue weighted by atomic mass is 32.2. The van der Waals surface area contributed by atoms with Crippen molar-refractivity contribution in [2.45, 2.75) is 12.7 Å². The van der Waals surface area contributed by atoms with E-state index in [1.165, 1.54) is 11.4 Å². The molecule has 1 aromatic carbocycles. The maximum absolute atomic E-state index is 12.9. The van der Waals surface area contributed by atoms with Gasteiger partial charge in [0.2, 0.25) is 0 Å². The molecule has 0 saturated heterocycles. The summed E-state index contributed by atoms with van der Waals surface area (Å²) in [4.78, 5) is 0. The largest absolute Gasteiger partial charge is 0.417 e. The van der Waals surface area contributed by atoms with Crippen LogP contribution in [-0.4, -0.2) is 8.42 Å². The Morgan fingerprint density at radius 3 is 2.58 bits per heavy atom. The molecule has 0 spiro atoms. The van der Waals surface area contributed by atoms with E-state index in [-0.39, 0.29) is 17.5 Å². The minimum Gasteiger partial charge on any atom is -0.216 e. The van der Waals surface area contributed by atoms with Crippen LogP contribution in [0.1, 0.15) is 11.1 Å². The lowest BCUT2D eigenvalue weighted by atomic mass is 10.1. The van der Waals surface area contributed by atoms with Gasteiger partial charge >= 0.3 is 6.18 Å². The topological polar surface area (TPSA) is 72.2 Å². The van der Waals surface area contributed by atoms with Gasteiger partial charge in [-0.2, -0.15) is 26.3 Å². The number of fused-ring (bicyclic) bond motifs is 1. The Morgan fingerprint density at radius 2 is 2.00 bits per heavy atom. The second kappa shape index (κ2) is 4.75. The Labute approximate surface area is 111 Å². The van der Waals surface area contributed by atoms with E-state index in [1.807, 2.05) is 4.72 Å². The summed E-state index contributed by atoms with van der Waals surface area (Å²) in [6, 6.07) is 3.84. The number of benzene rings is 1. The normalized spacial score (nSPS) is 13.1. The Morgan fingerprint density at radius 1 is 1.32 bits per heavy atom. The van der Waals surface area contributed by atoms with Gasteiger partial charge in [0, 0.05) is 16.6 Å². The maximum atomic E-state index is 12.9. The average Bonchev–Trinajstić information content (AvgIpc) is 2.66. The van der Waals surface area contributed by atoms with E-state index in [4.69, 9.17) is 5.14 Å². The second-order valence-electron chi connectivity index (χ2n) is 3.80. The molecule has 2 rings (SSSR count). The Balaban J connectivity index is 2.51. The third-order valence-corrected chi connectivity index (χ3v) is 3.99. The smallest absolute Gasteiger partial charge is 0.216 e. The van der Waals surface area contributed by atoms with E-state index in [2.05, 4.69) is 0 Å². The standard InChI is InChI=1S/C10H9F3N2O2S2/c11-10(12,13)7-2-1-3-8-9(7)6(5-18-8)4-15-19(14,16)17/h1-3,5,15H,4H2,(H2,14,16,17). The Bertz CT molecular complexity index is 707. The number of thiophene rings is 1. The van der Waals surface area contributed by atoms with Gasteiger partial charge in [0.05, 0.1) is 5.56 Å². The van der Waals surface area contributed by atoms with Gasteiger partial charge in [-0.25, -0.2) is 5.14 Å². The molecule has 3 N–H and O–H groups in total. The first-order valence-corrected chi connectivity index (χ1v) is 7.45. The van der Waals surface area contributed by atoms with Gasteiger partial charge in [0.25, 0.3) is 10.2 Å². The van der Waals surface area contributed by atoms with Gasteiger partial charge in [-0.3, -0.25) is 0 Å². The summed E-state index contributed by atoms with van der Waals surface area (Å²) in [5.74, 6) is 0. The summed E-state index contributed by atoms with van der Waals surface area (Å²) < 4.78 is 62.7. The molecule has 1 aromatic heterocycles. The molecule has 4 nitrogen and oxygen atoms in total. The van der Waals surface area contributed by atoms with E-state index in [0.29, 0.717) is 4.70 Å². The lowest BCUT2D eigenvalue weighted by Crippen LogP contribution is -2.30. The van der Waals surface area contributed by atoms with Crippen molar-refractivity contribution in [3.8, 4) is 0 Å². The predicted molar refractivity (Wildman–Crippen MR) is 66.8 cm³/mol. The second-order valence-corrected chi connectivity index (χ2v) is 6.09. The Hall–Kier alpha value is -1.16. The van der Waals surface area contributed by atoms with Crippen LogP contribution >= 0.6 is 11.3 Å². The first-order valence-electron chi connectivity index (χ1n) is 5.02. The van der Waals surface area contributed by atoms with Crippen molar-refractivity contribution in [3.63, 3.8) is 0 Å². The fourth-order valence-corrected chi connectivity index (χ4v) is 3.04. The Kier molecular flexibility index (Phi) is 3.56. The van der Waals surface area contributed by atoms with Crippen molar-refractivity contribution < 1.29 is 21.6 Å². The summed E-state index contributed by atoms with van der Waals surface area (Å²) in [5.41, 5.74) is -0.528. The predicted octanol–water partition coefficient (Wildman–Crippen LogP) is 2.21. The number of hydrogen-bond acceptors (Lipinski definition) is 3. The number of hydrogen-bond donors (Lipinski definition) is 2. The molecule has 0 fully saturated rings. The zero-order chi connectivity index (χ0) is 14.3. The van der Waals surface area contributed by atoms with Gasteiger partial charge in [-0.1, -0.05) is 6.07 Å². The van der Waals surface area contributed by atoms with Gasteiger partial charge in [-0.15, -0.1) is 11.3 Å². The molecule has 0 atom stereocenters. The van der Waals surface area contributed by atoms with Crippen LogP contribution in [0.3, 0.4) is 0 Å². The number of rotatable bonds is 3. The van der Waals surface area contributed by atoms with Gasteiger partial charge in [0.1, 0.15) is 0 Å². The quantitative estimate of drug-likeness (QED) is 0.912. The number of nitrogens with one attached hydrogen (secondary N) is 1. The highest BCUT2D eigenvalue weighted by Gasteiger charge is 2.33. The highest BCUT2D eigenvalue weighted by molar-refractivity contribution is 7.87. The average molecular weight is 310 g/mol. The van der Waals surface area contributed by atoms with E-state index < -0.39 is 21.9 Å². The summed E-state index contributed by atoms with van der Waals surface area (Å²) in [6.07, 6.45) is -4.49. The first-order chi connectivity index (χ1) is 8.68. The minimum atomic E-state index is -4.49. The number of halogens is 3. The van der Waals surface area contributed by atoms with Crippen LogP contribution in [0.15, 0.2) is 23.6 Å². The molecule has 0 amide bonds. The highest BCUT2D eigenvalue weighted by Crippen LogP contribution is 2.38. The van der Waals surface area contributed by atoms with Crippen molar-refractivity contribution in [2.75, 3.05) is 0 Å². The zero-order valence-corrected chi connectivity index (χ0v) is 11.0. The summed E-state index contributed by atoms with van der Waals surface area (Å²) in [6.45, 7) is -0.272. The lowest BCUT2D eigenvalue weighted by Gasteiger charge is -2.10. The van der Waals surface area contributed by atoms with Gasteiger partial charge in [-0.05, 0) is 23.1 Å². The molecular formula is C10H9F3N2O2S2. The van der Waals surface area contributed by atoms with Crippen LogP contribution < -0.4 is 9.86 Å². The summed E-state index contributed by atoms with van der Waals surface area (Å²) in [5, 5.41) is 6.26. The molecule has 0 radical (unpaired) electrons. The fraction of sp³-hybridized carbons (Fsp3) is 0.200. The zero-order valence-electron chi connectivity index (χ0n) is 9.36. The van der Waals surface area contributed by atoms with Crippen LogP contribution in [0.4, 0.5) is 13.2 Å². The number of nitrogens with two attached hydrogens (primary N) is 1. The molecule has 1 heterocycles. The molecule has 19 heavy (non-hydrogen) atoms. The van der Waals surface area contributed by atoms with Crippen LogP contribution in [0.2, 0.25) is 0 Å². The molecule has 0 saturated carbocycles. The molecule has 0 unspecified atom stereocenters. The molecule has 9 heteroatoms. The molecule has 2 aromatic rings. The van der Waals surface area contributed by atoms with Crippen molar-refractivity contribution in [1.29, 1.82) is 0 Å². The van der Waals surface area contributed by atoms with Crippen LogP contribution in [-0.2, 0) is 22.9 Å². The lowest BCUT2D eigenvalue weighted by molar-refractivity contribution is -0.136. The van der Waals surface area contributed by atoms with Crippen LogP contribution in [0, 0.1) is 0 Å². The van der Waals surface area contributed by atoms with E-state index in [1.54, 1.807) is 6.07 Å². The first kappa shape index (κ1) is 14.3. The maximum Gasteiger partial charge on any atom is 0.417 e. The molecule has 0 aliphatic rings. The molecular weight excluding hydrogens is 301 g/mol. The third kappa shape index (κ3) is 3.24. The summed E-state index contributed by atoms with van der Waals surface area (Å²) in [7, 11) is -3.94. The summed E-state index contributed by atoms with van der Waals surface area (Å²) >= 11 is 1.12. The van der Waals surface area contributed by atoms with Crippen molar-refractivity contribution in [3.05, 3.63) is 34.7 Å². The van der Waals surface area contributed by atoms with Crippen molar-refractivity contribution in [2.24, 2.45) is 5.14 Å². The fourth-order valence-electron chi connectivity index (χ4n) is 1.70. The SMILES string of the molecule is NS(=O)(=O)NCc1csc2cccc(C(F)(F)F)c12. The molecule has 0 aliphatic heterocycles. The minimum absolute atomic E-state index is 0.0103.